The Morgan fingerprint density at radius 3 is 2.47 bits per heavy atom. The molecular weight excluding hydrogens is 454 g/mol. The predicted molar refractivity (Wildman–Crippen MR) is 114 cm³/mol. The van der Waals surface area contributed by atoms with E-state index in [4.69, 9.17) is 4.74 Å². The lowest BCUT2D eigenvalue weighted by Gasteiger charge is -2.14. The number of hydrogen-bond donors (Lipinski definition) is 3. The van der Waals surface area contributed by atoms with Gasteiger partial charge in [0.05, 0.1) is 4.47 Å². The monoisotopic (exact) mass is 471 g/mol. The maximum atomic E-state index is 12.2. The van der Waals surface area contributed by atoms with Crippen LogP contribution >= 0.6 is 15.9 Å². The van der Waals surface area contributed by atoms with Crippen LogP contribution in [0.1, 0.15) is 16.7 Å². The Labute approximate surface area is 180 Å². The Morgan fingerprint density at radius 1 is 1.10 bits per heavy atom. The number of halogens is 1. The van der Waals surface area contributed by atoms with E-state index in [9.17, 15) is 19.2 Å². The summed E-state index contributed by atoms with van der Waals surface area (Å²) in [6.45, 7) is 3.70. The van der Waals surface area contributed by atoms with Crippen molar-refractivity contribution in [2.24, 2.45) is 0 Å². The van der Waals surface area contributed by atoms with Gasteiger partial charge >= 0.3 is 6.03 Å². The van der Waals surface area contributed by atoms with E-state index < -0.39 is 17.8 Å². The van der Waals surface area contributed by atoms with Crippen LogP contribution in [0.3, 0.4) is 0 Å². The number of carbonyl (C=O) groups is 4. The van der Waals surface area contributed by atoms with Crippen molar-refractivity contribution >= 4 is 51.4 Å². The summed E-state index contributed by atoms with van der Waals surface area (Å²) in [6, 6.07) is 9.65. The first-order valence-corrected chi connectivity index (χ1v) is 9.70. The molecule has 1 saturated heterocycles. The first-order chi connectivity index (χ1) is 14.2. The van der Waals surface area contributed by atoms with Crippen molar-refractivity contribution in [2.45, 2.75) is 13.8 Å². The Hall–Kier alpha value is -3.46. The standard InChI is InChI=1S/C21H18BrN3O5/c1-11-4-3-5-16(12(11)2)23-18(26)10-30-17-7-6-13(9-15(17)22)8-14-19(27)24-21(29)25-20(14)28/h3-9H,10H2,1-2H3,(H,23,26)(H2,24,25,27,28,29). The molecule has 0 saturated carbocycles. The molecule has 0 spiro atoms. The van der Waals surface area contributed by atoms with Crippen molar-refractivity contribution in [3.8, 4) is 5.75 Å². The van der Waals surface area contributed by atoms with Crippen LogP contribution < -0.4 is 20.7 Å². The molecule has 3 N–H and O–H groups in total. The summed E-state index contributed by atoms with van der Waals surface area (Å²) in [4.78, 5) is 46.9. The van der Waals surface area contributed by atoms with Crippen molar-refractivity contribution in [3.05, 3.63) is 63.1 Å². The number of hydrogen-bond acceptors (Lipinski definition) is 5. The van der Waals surface area contributed by atoms with Gasteiger partial charge in [-0.05, 0) is 70.7 Å². The van der Waals surface area contributed by atoms with E-state index in [1.165, 1.54) is 6.08 Å². The number of rotatable bonds is 5. The Morgan fingerprint density at radius 2 is 1.80 bits per heavy atom. The van der Waals surface area contributed by atoms with E-state index in [2.05, 4.69) is 21.2 Å². The van der Waals surface area contributed by atoms with E-state index in [0.29, 0.717) is 15.8 Å². The highest BCUT2D eigenvalue weighted by Gasteiger charge is 2.27. The number of ether oxygens (including phenoxy) is 1. The molecule has 1 fully saturated rings. The van der Waals surface area contributed by atoms with Crippen molar-refractivity contribution in [1.29, 1.82) is 0 Å². The highest BCUT2D eigenvalue weighted by molar-refractivity contribution is 9.10. The second-order valence-corrected chi connectivity index (χ2v) is 7.42. The number of amides is 5. The molecule has 2 aromatic rings. The molecule has 3 rings (SSSR count). The molecule has 1 aliphatic rings. The molecule has 0 radical (unpaired) electrons. The molecule has 5 amide bonds. The van der Waals surface area contributed by atoms with Gasteiger partial charge in [0.15, 0.2) is 6.61 Å². The summed E-state index contributed by atoms with van der Waals surface area (Å²) in [7, 11) is 0. The van der Waals surface area contributed by atoms with E-state index >= 15 is 0 Å². The van der Waals surface area contributed by atoms with Crippen LogP contribution in [0.25, 0.3) is 6.08 Å². The summed E-state index contributed by atoms with van der Waals surface area (Å²) >= 11 is 3.35. The Balaban J connectivity index is 1.66. The average molecular weight is 472 g/mol. The molecule has 154 valence electrons. The SMILES string of the molecule is Cc1cccc(NC(=O)COc2ccc(C=C3C(=O)NC(=O)NC3=O)cc2Br)c1C. The molecule has 0 aromatic heterocycles. The zero-order valence-electron chi connectivity index (χ0n) is 16.2. The molecule has 0 bridgehead atoms. The number of barbiturate groups is 1. The van der Waals surface area contributed by atoms with Crippen molar-refractivity contribution in [1.82, 2.24) is 10.6 Å². The van der Waals surface area contributed by atoms with Gasteiger partial charge in [0, 0.05) is 5.69 Å². The molecule has 30 heavy (non-hydrogen) atoms. The number of carbonyl (C=O) groups excluding carboxylic acids is 4. The summed E-state index contributed by atoms with van der Waals surface area (Å²) in [5.74, 6) is -1.44. The molecule has 1 heterocycles. The van der Waals surface area contributed by atoms with Gasteiger partial charge in [-0.2, -0.15) is 0 Å². The fraction of sp³-hybridized carbons (Fsp3) is 0.143. The summed E-state index contributed by atoms with van der Waals surface area (Å²) < 4.78 is 6.09. The van der Waals surface area contributed by atoms with Crippen LogP contribution in [0.4, 0.5) is 10.5 Å². The molecular formula is C21H18BrN3O5. The maximum Gasteiger partial charge on any atom is 0.328 e. The minimum Gasteiger partial charge on any atom is -0.483 e. The van der Waals surface area contributed by atoms with Gasteiger partial charge in [0.2, 0.25) is 0 Å². The molecule has 2 aromatic carbocycles. The van der Waals surface area contributed by atoms with Crippen molar-refractivity contribution in [2.75, 3.05) is 11.9 Å². The second kappa shape index (κ2) is 8.91. The van der Waals surface area contributed by atoms with Gasteiger partial charge < -0.3 is 10.1 Å². The van der Waals surface area contributed by atoms with Crippen LogP contribution in [-0.4, -0.2) is 30.4 Å². The molecule has 0 aliphatic carbocycles. The van der Waals surface area contributed by atoms with Gasteiger partial charge in [-0.1, -0.05) is 18.2 Å². The second-order valence-electron chi connectivity index (χ2n) is 6.57. The van der Waals surface area contributed by atoms with Gasteiger partial charge in [-0.3, -0.25) is 25.0 Å². The maximum absolute atomic E-state index is 12.2. The first kappa shape index (κ1) is 21.3. The first-order valence-electron chi connectivity index (χ1n) is 8.91. The summed E-state index contributed by atoms with van der Waals surface area (Å²) in [6.07, 6.45) is 1.35. The lowest BCUT2D eigenvalue weighted by atomic mass is 10.1. The number of aryl methyl sites for hydroxylation is 1. The van der Waals surface area contributed by atoms with E-state index in [-0.39, 0.29) is 18.1 Å². The van der Waals surface area contributed by atoms with E-state index in [1.807, 2.05) is 42.7 Å². The Bertz CT molecular complexity index is 1070. The van der Waals surface area contributed by atoms with Gasteiger partial charge in [0.1, 0.15) is 11.3 Å². The van der Waals surface area contributed by atoms with Crippen molar-refractivity contribution < 1.29 is 23.9 Å². The van der Waals surface area contributed by atoms with Crippen LogP contribution in [0, 0.1) is 13.8 Å². The number of anilines is 1. The highest BCUT2D eigenvalue weighted by Crippen LogP contribution is 2.27. The third-order valence-corrected chi connectivity index (χ3v) is 5.07. The smallest absolute Gasteiger partial charge is 0.328 e. The molecule has 0 unspecified atom stereocenters. The number of urea groups is 1. The number of nitrogens with one attached hydrogen (secondary N) is 3. The summed E-state index contributed by atoms with van der Waals surface area (Å²) in [5, 5.41) is 6.83. The minimum absolute atomic E-state index is 0.192. The Kier molecular flexibility index (Phi) is 6.31. The predicted octanol–water partition coefficient (Wildman–Crippen LogP) is 2.83. The topological polar surface area (TPSA) is 114 Å². The largest absolute Gasteiger partial charge is 0.483 e. The lowest BCUT2D eigenvalue weighted by molar-refractivity contribution is -0.124. The van der Waals surface area contributed by atoms with Gasteiger partial charge in [-0.15, -0.1) is 0 Å². The molecule has 1 aliphatic heterocycles. The average Bonchev–Trinajstić information content (AvgIpc) is 2.67. The fourth-order valence-electron chi connectivity index (χ4n) is 2.71. The minimum atomic E-state index is -0.855. The van der Waals surface area contributed by atoms with Crippen LogP contribution in [0.2, 0.25) is 0 Å². The quantitative estimate of drug-likeness (QED) is 0.458. The molecule has 9 heteroatoms. The van der Waals surface area contributed by atoms with Gasteiger partial charge in [0.25, 0.3) is 17.7 Å². The van der Waals surface area contributed by atoms with Crippen molar-refractivity contribution in [3.63, 3.8) is 0 Å². The molecule has 8 nitrogen and oxygen atoms in total. The van der Waals surface area contributed by atoms with Gasteiger partial charge in [-0.25, -0.2) is 4.79 Å². The number of imide groups is 2. The van der Waals surface area contributed by atoms with E-state index in [1.54, 1.807) is 18.2 Å². The van der Waals surface area contributed by atoms with Crippen LogP contribution in [0.5, 0.6) is 5.75 Å². The van der Waals surface area contributed by atoms with Crippen LogP contribution in [0.15, 0.2) is 46.4 Å². The zero-order valence-corrected chi connectivity index (χ0v) is 17.8. The third-order valence-electron chi connectivity index (χ3n) is 4.45. The van der Waals surface area contributed by atoms with Crippen LogP contribution in [-0.2, 0) is 14.4 Å². The zero-order chi connectivity index (χ0) is 21.8. The highest BCUT2D eigenvalue weighted by atomic mass is 79.9. The van der Waals surface area contributed by atoms with E-state index in [0.717, 1.165) is 16.8 Å². The normalized spacial score (nSPS) is 13.4. The lowest BCUT2D eigenvalue weighted by Crippen LogP contribution is -2.51. The number of benzene rings is 2. The molecule has 0 atom stereocenters. The summed E-state index contributed by atoms with van der Waals surface area (Å²) in [5.41, 5.74) is 3.13. The fourth-order valence-corrected chi connectivity index (χ4v) is 3.22. The third kappa shape index (κ3) is 4.93.